The molecule has 0 bridgehead atoms. The van der Waals surface area contributed by atoms with Crippen LogP contribution in [-0.4, -0.2) is 17.9 Å². The molecular weight excluding hydrogens is 308 g/mol. The predicted octanol–water partition coefficient (Wildman–Crippen LogP) is 4.23. The maximum absolute atomic E-state index is 12.1. The van der Waals surface area contributed by atoms with Crippen molar-refractivity contribution in [1.82, 2.24) is 0 Å². The summed E-state index contributed by atoms with van der Waals surface area (Å²) in [7, 11) is 0. The third-order valence-electron chi connectivity index (χ3n) is 2.75. The number of hydrogen-bond donors (Lipinski definition) is 0. The number of ketones is 1. The zero-order valence-corrected chi connectivity index (χ0v) is 12.9. The third-order valence-corrected chi connectivity index (χ3v) is 3.70. The van der Waals surface area contributed by atoms with Gasteiger partial charge in [0.1, 0.15) is 0 Å². The summed E-state index contributed by atoms with van der Waals surface area (Å²) in [6, 6.07) is 8.35. The molecule has 0 aliphatic heterocycles. The number of halogens is 1. The van der Waals surface area contributed by atoms with E-state index in [2.05, 4.69) is 0 Å². The summed E-state index contributed by atoms with van der Waals surface area (Å²) < 4.78 is 5.09. The van der Waals surface area contributed by atoms with E-state index < -0.39 is 12.1 Å². The fourth-order valence-corrected chi connectivity index (χ4v) is 2.40. The number of benzene rings is 1. The number of carbonyl (C=O) groups excluding carboxylic acids is 2. The molecule has 1 heterocycles. The molecule has 3 nitrogen and oxygen atoms in total. The van der Waals surface area contributed by atoms with Crippen molar-refractivity contribution < 1.29 is 14.3 Å². The summed E-state index contributed by atoms with van der Waals surface area (Å²) in [6.45, 7) is 1.55. The number of carbonyl (C=O) groups is 2. The van der Waals surface area contributed by atoms with Gasteiger partial charge in [0.15, 0.2) is 6.10 Å². The zero-order chi connectivity index (χ0) is 15.2. The van der Waals surface area contributed by atoms with Crippen molar-refractivity contribution in [2.24, 2.45) is 0 Å². The van der Waals surface area contributed by atoms with Crippen molar-refractivity contribution in [3.8, 4) is 0 Å². The van der Waals surface area contributed by atoms with Gasteiger partial charge in [0.2, 0.25) is 5.78 Å². The lowest BCUT2D eigenvalue weighted by Crippen LogP contribution is -2.23. The second-order valence-corrected chi connectivity index (χ2v) is 5.56. The molecule has 108 valence electrons. The average molecular weight is 321 g/mol. The van der Waals surface area contributed by atoms with E-state index in [1.807, 2.05) is 16.8 Å². The van der Waals surface area contributed by atoms with Gasteiger partial charge >= 0.3 is 5.97 Å². The predicted molar refractivity (Wildman–Crippen MR) is 84.7 cm³/mol. The van der Waals surface area contributed by atoms with Crippen LogP contribution in [0.2, 0.25) is 5.02 Å². The van der Waals surface area contributed by atoms with Gasteiger partial charge in [-0.3, -0.25) is 4.79 Å². The van der Waals surface area contributed by atoms with Gasteiger partial charge in [0, 0.05) is 16.7 Å². The standard InChI is InChI=1S/C16H13ClO3S/c1-11(16(19)13-3-5-14(17)6-4-13)20-15(18)7-2-12-8-9-21-10-12/h2-11H,1H3/b7-2+/t11-/m1/s1. The Labute approximate surface area is 131 Å². The summed E-state index contributed by atoms with van der Waals surface area (Å²) in [4.78, 5) is 23.7. The molecule has 2 rings (SSSR count). The van der Waals surface area contributed by atoms with E-state index in [9.17, 15) is 9.59 Å². The van der Waals surface area contributed by atoms with Crippen LogP contribution in [0, 0.1) is 0 Å². The molecular formula is C16H13ClO3S. The summed E-state index contributed by atoms with van der Waals surface area (Å²) in [5.74, 6) is -0.806. The minimum atomic E-state index is -0.842. The molecule has 0 saturated carbocycles. The molecule has 2 aromatic rings. The van der Waals surface area contributed by atoms with Crippen LogP contribution in [0.3, 0.4) is 0 Å². The molecule has 0 N–H and O–H groups in total. The Balaban J connectivity index is 1.94. The zero-order valence-electron chi connectivity index (χ0n) is 11.3. The highest BCUT2D eigenvalue weighted by atomic mass is 35.5. The number of esters is 1. The van der Waals surface area contributed by atoms with Crippen molar-refractivity contribution >= 4 is 40.8 Å². The van der Waals surface area contributed by atoms with Crippen LogP contribution in [0.25, 0.3) is 6.08 Å². The van der Waals surface area contributed by atoms with Gasteiger partial charge in [0.05, 0.1) is 0 Å². The van der Waals surface area contributed by atoms with Crippen molar-refractivity contribution in [2.75, 3.05) is 0 Å². The number of Topliss-reactive ketones (excluding diaryl/α,β-unsaturated/α-hetero) is 1. The molecule has 0 saturated heterocycles. The highest BCUT2D eigenvalue weighted by molar-refractivity contribution is 7.08. The van der Waals surface area contributed by atoms with Crippen LogP contribution < -0.4 is 0 Å². The fourth-order valence-electron chi connectivity index (χ4n) is 1.65. The van der Waals surface area contributed by atoms with Crippen LogP contribution in [0.1, 0.15) is 22.8 Å². The van der Waals surface area contributed by atoms with Crippen LogP contribution in [0.5, 0.6) is 0 Å². The Morgan fingerprint density at radius 2 is 1.95 bits per heavy atom. The third kappa shape index (κ3) is 4.55. The normalized spacial score (nSPS) is 12.3. The molecule has 0 aliphatic carbocycles. The first-order valence-corrected chi connectivity index (χ1v) is 7.59. The van der Waals surface area contributed by atoms with Crippen molar-refractivity contribution in [3.63, 3.8) is 0 Å². The quantitative estimate of drug-likeness (QED) is 0.470. The molecule has 0 spiro atoms. The summed E-state index contributed by atoms with van der Waals surface area (Å²) in [6.07, 6.45) is 2.12. The first-order valence-electron chi connectivity index (χ1n) is 6.27. The van der Waals surface area contributed by atoms with Gasteiger partial charge < -0.3 is 4.74 Å². The number of hydrogen-bond acceptors (Lipinski definition) is 4. The Bertz CT molecular complexity index is 645. The minimum Gasteiger partial charge on any atom is -0.451 e. The summed E-state index contributed by atoms with van der Waals surface area (Å²) >= 11 is 7.31. The summed E-state index contributed by atoms with van der Waals surface area (Å²) in [5.41, 5.74) is 1.38. The summed E-state index contributed by atoms with van der Waals surface area (Å²) in [5, 5.41) is 4.37. The molecule has 1 aromatic carbocycles. The van der Waals surface area contributed by atoms with Gasteiger partial charge in [-0.25, -0.2) is 4.79 Å². The van der Waals surface area contributed by atoms with E-state index in [1.165, 1.54) is 6.08 Å². The fraction of sp³-hybridized carbons (Fsp3) is 0.125. The Hall–Kier alpha value is -1.91. The lowest BCUT2D eigenvalue weighted by molar-refractivity contribution is -0.140. The monoisotopic (exact) mass is 320 g/mol. The number of ether oxygens (including phenoxy) is 1. The van der Waals surface area contributed by atoms with Crippen molar-refractivity contribution in [2.45, 2.75) is 13.0 Å². The highest BCUT2D eigenvalue weighted by Gasteiger charge is 2.18. The van der Waals surface area contributed by atoms with Gasteiger partial charge in [-0.2, -0.15) is 11.3 Å². The second kappa shape index (κ2) is 7.20. The molecule has 0 fully saturated rings. The Morgan fingerprint density at radius 3 is 2.57 bits per heavy atom. The maximum atomic E-state index is 12.1. The van der Waals surface area contributed by atoms with Gasteiger partial charge in [-0.15, -0.1) is 0 Å². The molecule has 5 heteroatoms. The Kier molecular flexibility index (Phi) is 5.31. The minimum absolute atomic E-state index is 0.260. The van der Waals surface area contributed by atoms with Gasteiger partial charge in [-0.05, 0) is 59.7 Å². The molecule has 21 heavy (non-hydrogen) atoms. The van der Waals surface area contributed by atoms with E-state index in [0.717, 1.165) is 5.56 Å². The Morgan fingerprint density at radius 1 is 1.24 bits per heavy atom. The first-order chi connectivity index (χ1) is 10.1. The lowest BCUT2D eigenvalue weighted by Gasteiger charge is -2.10. The highest BCUT2D eigenvalue weighted by Crippen LogP contribution is 2.13. The number of thiophene rings is 1. The second-order valence-electron chi connectivity index (χ2n) is 4.34. The van der Waals surface area contributed by atoms with Crippen LogP contribution in [0.4, 0.5) is 0 Å². The lowest BCUT2D eigenvalue weighted by atomic mass is 10.1. The van der Waals surface area contributed by atoms with Crippen molar-refractivity contribution in [1.29, 1.82) is 0 Å². The molecule has 0 aliphatic rings. The molecule has 1 atom stereocenters. The topological polar surface area (TPSA) is 43.4 Å². The SMILES string of the molecule is C[C@@H](OC(=O)/C=C/c1ccsc1)C(=O)c1ccc(Cl)cc1. The number of rotatable bonds is 5. The van der Waals surface area contributed by atoms with Gasteiger partial charge in [0.25, 0.3) is 0 Å². The average Bonchev–Trinajstić information content (AvgIpc) is 2.98. The molecule has 0 radical (unpaired) electrons. The first kappa shape index (κ1) is 15.5. The van der Waals surface area contributed by atoms with E-state index in [0.29, 0.717) is 10.6 Å². The largest absolute Gasteiger partial charge is 0.451 e. The smallest absolute Gasteiger partial charge is 0.331 e. The van der Waals surface area contributed by atoms with E-state index in [-0.39, 0.29) is 5.78 Å². The van der Waals surface area contributed by atoms with Crippen LogP contribution in [0.15, 0.2) is 47.2 Å². The molecule has 0 amide bonds. The van der Waals surface area contributed by atoms with E-state index >= 15 is 0 Å². The van der Waals surface area contributed by atoms with E-state index in [1.54, 1.807) is 48.6 Å². The van der Waals surface area contributed by atoms with E-state index in [4.69, 9.17) is 16.3 Å². The van der Waals surface area contributed by atoms with Gasteiger partial charge in [-0.1, -0.05) is 11.6 Å². The molecule has 1 aromatic heterocycles. The van der Waals surface area contributed by atoms with Crippen molar-refractivity contribution in [3.05, 3.63) is 63.3 Å². The molecule has 0 unspecified atom stereocenters. The maximum Gasteiger partial charge on any atom is 0.331 e. The van der Waals surface area contributed by atoms with Crippen LogP contribution >= 0.6 is 22.9 Å². The van der Waals surface area contributed by atoms with Crippen LogP contribution in [-0.2, 0) is 9.53 Å².